The molecule has 0 aliphatic heterocycles. The first-order chi connectivity index (χ1) is 5.22. The third-order valence-electron chi connectivity index (χ3n) is 1.49. The third kappa shape index (κ3) is 3.42. The summed E-state index contributed by atoms with van der Waals surface area (Å²) in [4.78, 5) is 2.13. The summed E-state index contributed by atoms with van der Waals surface area (Å²) in [6.07, 6.45) is 2.37. The van der Waals surface area contributed by atoms with Crippen molar-refractivity contribution >= 4 is 49.9 Å². The van der Waals surface area contributed by atoms with Gasteiger partial charge in [0.15, 0.2) is 0 Å². The third-order valence-corrected chi connectivity index (χ3v) is 4.38. The number of thiophene rings is 1. The van der Waals surface area contributed by atoms with Gasteiger partial charge in [-0.15, -0.1) is 11.3 Å². The maximum Gasteiger partial charge on any atom is 0.0656 e. The van der Waals surface area contributed by atoms with Crippen LogP contribution in [0.4, 0.5) is 0 Å². The first-order valence-electron chi connectivity index (χ1n) is 3.60. The summed E-state index contributed by atoms with van der Waals surface area (Å²) in [7, 11) is 0. The monoisotopic (exact) mass is 344 g/mol. The van der Waals surface area contributed by atoms with Crippen molar-refractivity contribution in [2.24, 2.45) is 0 Å². The van der Waals surface area contributed by atoms with Crippen molar-refractivity contribution in [3.8, 4) is 0 Å². The molecule has 0 nitrogen and oxygen atoms in total. The molecule has 0 bridgehead atoms. The standard InChI is InChI=1S/C8H10BrIS/c1-2-6(9)5-7-3-4-8(10)11-7/h3-4,6H,2,5H2,1H3. The minimum atomic E-state index is 0.650. The molecule has 1 atom stereocenters. The number of halogens is 2. The Balaban J connectivity index is 2.50. The van der Waals surface area contributed by atoms with Crippen LogP contribution in [0.5, 0.6) is 0 Å². The molecule has 62 valence electrons. The van der Waals surface area contributed by atoms with E-state index in [2.05, 4.69) is 57.6 Å². The van der Waals surface area contributed by atoms with E-state index < -0.39 is 0 Å². The zero-order valence-corrected chi connectivity index (χ0v) is 10.9. The summed E-state index contributed by atoms with van der Waals surface area (Å²) in [5.41, 5.74) is 0. The van der Waals surface area contributed by atoms with Crippen molar-refractivity contribution in [3.05, 3.63) is 19.9 Å². The molecule has 1 aromatic rings. The van der Waals surface area contributed by atoms with Crippen molar-refractivity contribution in [2.45, 2.75) is 24.6 Å². The van der Waals surface area contributed by atoms with Gasteiger partial charge in [-0.1, -0.05) is 22.9 Å². The molecule has 0 saturated heterocycles. The normalized spacial score (nSPS) is 13.4. The van der Waals surface area contributed by atoms with Crippen LogP contribution in [0.3, 0.4) is 0 Å². The van der Waals surface area contributed by atoms with Crippen LogP contribution in [-0.2, 0) is 6.42 Å². The lowest BCUT2D eigenvalue weighted by molar-refractivity contribution is 0.839. The van der Waals surface area contributed by atoms with E-state index in [1.807, 2.05) is 11.3 Å². The molecule has 3 heteroatoms. The molecule has 0 aliphatic carbocycles. The van der Waals surface area contributed by atoms with Crippen molar-refractivity contribution in [3.63, 3.8) is 0 Å². The summed E-state index contributed by atoms with van der Waals surface area (Å²) in [5.74, 6) is 0. The predicted molar refractivity (Wildman–Crippen MR) is 63.7 cm³/mol. The molecular weight excluding hydrogens is 335 g/mol. The van der Waals surface area contributed by atoms with Crippen LogP contribution in [0.15, 0.2) is 12.1 Å². The molecule has 0 saturated carbocycles. The molecular formula is C8H10BrIS. The Morgan fingerprint density at radius 2 is 2.36 bits per heavy atom. The highest BCUT2D eigenvalue weighted by atomic mass is 127. The summed E-state index contributed by atoms with van der Waals surface area (Å²) in [6.45, 7) is 2.21. The van der Waals surface area contributed by atoms with E-state index in [9.17, 15) is 0 Å². The van der Waals surface area contributed by atoms with Gasteiger partial charge in [0.2, 0.25) is 0 Å². The van der Waals surface area contributed by atoms with E-state index in [4.69, 9.17) is 0 Å². The van der Waals surface area contributed by atoms with Crippen LogP contribution in [0.1, 0.15) is 18.2 Å². The Hall–Kier alpha value is 0.910. The topological polar surface area (TPSA) is 0 Å². The smallest absolute Gasteiger partial charge is 0.0656 e. The van der Waals surface area contributed by atoms with Crippen molar-refractivity contribution in [2.75, 3.05) is 0 Å². The largest absolute Gasteiger partial charge is 0.134 e. The Bertz CT molecular complexity index is 222. The highest BCUT2D eigenvalue weighted by molar-refractivity contribution is 14.1. The molecule has 0 aromatic carbocycles. The molecule has 1 aromatic heterocycles. The van der Waals surface area contributed by atoms with E-state index >= 15 is 0 Å². The Morgan fingerprint density at radius 3 is 2.82 bits per heavy atom. The van der Waals surface area contributed by atoms with Crippen LogP contribution >= 0.6 is 49.9 Å². The fourth-order valence-corrected chi connectivity index (χ4v) is 3.22. The lowest BCUT2D eigenvalue weighted by atomic mass is 10.2. The number of hydrogen-bond donors (Lipinski definition) is 0. The maximum absolute atomic E-state index is 3.63. The van der Waals surface area contributed by atoms with E-state index in [0.717, 1.165) is 0 Å². The predicted octanol–water partition coefficient (Wildman–Crippen LogP) is 4.07. The quantitative estimate of drug-likeness (QED) is 0.572. The second kappa shape index (κ2) is 4.82. The first kappa shape index (κ1) is 9.99. The zero-order valence-electron chi connectivity index (χ0n) is 6.31. The van der Waals surface area contributed by atoms with Crippen molar-refractivity contribution in [1.29, 1.82) is 0 Å². The van der Waals surface area contributed by atoms with Gasteiger partial charge >= 0.3 is 0 Å². The van der Waals surface area contributed by atoms with E-state index in [0.29, 0.717) is 4.83 Å². The fourth-order valence-electron chi connectivity index (χ4n) is 0.824. The number of alkyl halides is 1. The average Bonchev–Trinajstić information content (AvgIpc) is 2.35. The van der Waals surface area contributed by atoms with Gasteiger partial charge in [0, 0.05) is 9.70 Å². The van der Waals surface area contributed by atoms with Crippen LogP contribution in [0, 0.1) is 2.88 Å². The van der Waals surface area contributed by atoms with Crippen LogP contribution in [0.25, 0.3) is 0 Å². The highest BCUT2D eigenvalue weighted by Crippen LogP contribution is 2.22. The average molecular weight is 345 g/mol. The maximum atomic E-state index is 3.63. The van der Waals surface area contributed by atoms with Gasteiger partial charge < -0.3 is 0 Å². The van der Waals surface area contributed by atoms with Gasteiger partial charge in [-0.25, -0.2) is 0 Å². The molecule has 0 amide bonds. The second-order valence-corrected chi connectivity index (χ2v) is 6.77. The zero-order chi connectivity index (χ0) is 8.27. The molecule has 0 N–H and O–H groups in total. The van der Waals surface area contributed by atoms with Gasteiger partial charge in [-0.05, 0) is 47.6 Å². The van der Waals surface area contributed by atoms with Crippen LogP contribution < -0.4 is 0 Å². The summed E-state index contributed by atoms with van der Waals surface area (Å²) < 4.78 is 1.38. The Labute approximate surface area is 93.7 Å². The molecule has 11 heavy (non-hydrogen) atoms. The molecule has 1 unspecified atom stereocenters. The summed E-state index contributed by atoms with van der Waals surface area (Å²) >= 11 is 7.88. The highest BCUT2D eigenvalue weighted by Gasteiger charge is 2.04. The fraction of sp³-hybridized carbons (Fsp3) is 0.500. The molecule has 1 heterocycles. The molecule has 0 spiro atoms. The number of hydrogen-bond acceptors (Lipinski definition) is 1. The minimum absolute atomic E-state index is 0.650. The Morgan fingerprint density at radius 1 is 1.64 bits per heavy atom. The van der Waals surface area contributed by atoms with E-state index in [1.54, 1.807) is 0 Å². The van der Waals surface area contributed by atoms with Crippen LogP contribution in [0.2, 0.25) is 0 Å². The van der Waals surface area contributed by atoms with Crippen LogP contribution in [-0.4, -0.2) is 4.83 Å². The summed E-state index contributed by atoms with van der Waals surface area (Å²) in [5, 5.41) is 0. The van der Waals surface area contributed by atoms with Gasteiger partial charge in [0.25, 0.3) is 0 Å². The minimum Gasteiger partial charge on any atom is -0.134 e. The number of rotatable bonds is 3. The lowest BCUT2D eigenvalue weighted by Gasteiger charge is -2.02. The molecule has 1 rings (SSSR count). The van der Waals surface area contributed by atoms with Crippen molar-refractivity contribution < 1.29 is 0 Å². The lowest BCUT2D eigenvalue weighted by Crippen LogP contribution is -1.97. The van der Waals surface area contributed by atoms with Gasteiger partial charge in [0.05, 0.1) is 2.88 Å². The van der Waals surface area contributed by atoms with E-state index in [1.165, 1.54) is 20.6 Å². The Kier molecular flexibility index (Phi) is 4.38. The van der Waals surface area contributed by atoms with E-state index in [-0.39, 0.29) is 0 Å². The molecule has 0 radical (unpaired) electrons. The molecule has 0 aliphatic rings. The van der Waals surface area contributed by atoms with Crippen molar-refractivity contribution in [1.82, 2.24) is 0 Å². The van der Waals surface area contributed by atoms with Gasteiger partial charge in [0.1, 0.15) is 0 Å². The SMILES string of the molecule is CCC(Br)Cc1ccc(I)s1. The van der Waals surface area contributed by atoms with Gasteiger partial charge in [-0.3, -0.25) is 0 Å². The molecule has 0 fully saturated rings. The summed E-state index contributed by atoms with van der Waals surface area (Å²) in [6, 6.07) is 4.40. The second-order valence-electron chi connectivity index (χ2n) is 2.42. The van der Waals surface area contributed by atoms with Gasteiger partial charge in [-0.2, -0.15) is 0 Å². The first-order valence-corrected chi connectivity index (χ1v) is 6.41.